The van der Waals surface area contributed by atoms with E-state index in [9.17, 15) is 14.7 Å². The molecule has 0 fully saturated rings. The molecule has 0 spiro atoms. The summed E-state index contributed by atoms with van der Waals surface area (Å²) >= 11 is 0. The minimum Gasteiger partial charge on any atom is -0.490 e. The van der Waals surface area contributed by atoms with Crippen molar-refractivity contribution < 1.29 is 24.2 Å². The number of para-hydroxylation sites is 1. The zero-order valence-electron chi connectivity index (χ0n) is 24.8. The van der Waals surface area contributed by atoms with Crippen molar-refractivity contribution in [3.05, 3.63) is 54.1 Å². The van der Waals surface area contributed by atoms with Gasteiger partial charge >= 0.3 is 6.03 Å². The summed E-state index contributed by atoms with van der Waals surface area (Å²) in [5.74, 6) is 0.228. The molecule has 3 amide bonds. The molecule has 0 aliphatic carbocycles. The van der Waals surface area contributed by atoms with Gasteiger partial charge in [0.1, 0.15) is 5.75 Å². The summed E-state index contributed by atoms with van der Waals surface area (Å²) in [5.41, 5.74) is 2.08. The van der Waals surface area contributed by atoms with Crippen LogP contribution in [0.5, 0.6) is 5.75 Å². The molecule has 1 aliphatic rings. The van der Waals surface area contributed by atoms with Crippen LogP contribution in [-0.4, -0.2) is 92.5 Å². The molecule has 9 nitrogen and oxygen atoms in total. The molecule has 220 valence electrons. The Morgan fingerprint density at radius 2 is 1.85 bits per heavy atom. The summed E-state index contributed by atoms with van der Waals surface area (Å²) in [5, 5.41) is 13.0. The molecular formula is C31H46N4O5. The van der Waals surface area contributed by atoms with E-state index in [1.54, 1.807) is 16.8 Å². The maximum atomic E-state index is 14.1. The van der Waals surface area contributed by atoms with Gasteiger partial charge in [-0.15, -0.1) is 0 Å². The van der Waals surface area contributed by atoms with E-state index in [1.807, 2.05) is 88.3 Å². The van der Waals surface area contributed by atoms with Crippen molar-refractivity contribution in [2.24, 2.45) is 5.92 Å². The molecule has 1 aliphatic heterocycles. The number of carbonyl (C=O) groups excluding carboxylic acids is 2. The van der Waals surface area contributed by atoms with Gasteiger partial charge < -0.3 is 34.6 Å². The van der Waals surface area contributed by atoms with E-state index in [4.69, 9.17) is 9.47 Å². The van der Waals surface area contributed by atoms with E-state index in [0.29, 0.717) is 31.0 Å². The normalized spacial score (nSPS) is 21.4. The Morgan fingerprint density at radius 1 is 1.12 bits per heavy atom. The topological polar surface area (TPSA) is 94.6 Å². The number of hydrogen-bond donors (Lipinski definition) is 2. The lowest BCUT2D eigenvalue weighted by molar-refractivity contribution is -0.0115. The smallest absolute Gasteiger partial charge is 0.321 e. The Hall–Kier alpha value is -3.30. The zero-order valence-corrected chi connectivity index (χ0v) is 24.8. The first-order chi connectivity index (χ1) is 19.1. The van der Waals surface area contributed by atoms with Crippen LogP contribution in [0, 0.1) is 5.92 Å². The number of hydrogen-bond acceptors (Lipinski definition) is 6. The molecule has 3 rings (SSSR count). The van der Waals surface area contributed by atoms with Crippen molar-refractivity contribution >= 4 is 23.3 Å². The van der Waals surface area contributed by atoms with Gasteiger partial charge in [-0.25, -0.2) is 4.79 Å². The predicted octanol–water partition coefficient (Wildman–Crippen LogP) is 4.71. The van der Waals surface area contributed by atoms with Gasteiger partial charge in [0.15, 0.2) is 0 Å². The Labute approximate surface area is 239 Å². The summed E-state index contributed by atoms with van der Waals surface area (Å²) in [6.07, 6.45) is 2.21. The van der Waals surface area contributed by atoms with Crippen molar-refractivity contribution in [3.63, 3.8) is 0 Å². The fourth-order valence-corrected chi connectivity index (χ4v) is 4.74. The van der Waals surface area contributed by atoms with Crippen LogP contribution in [0.3, 0.4) is 0 Å². The Kier molecular flexibility index (Phi) is 11.6. The Morgan fingerprint density at radius 3 is 2.52 bits per heavy atom. The molecule has 1 heterocycles. The fraction of sp³-hybridized carbons (Fsp3) is 0.548. The molecule has 2 aromatic carbocycles. The minimum absolute atomic E-state index is 0.0778. The number of aliphatic hydroxyl groups excluding tert-OH is 1. The van der Waals surface area contributed by atoms with Crippen LogP contribution in [-0.2, 0) is 4.74 Å². The van der Waals surface area contributed by atoms with E-state index in [-0.39, 0.29) is 36.7 Å². The zero-order chi connectivity index (χ0) is 29.2. The van der Waals surface area contributed by atoms with Gasteiger partial charge in [0, 0.05) is 58.1 Å². The maximum Gasteiger partial charge on any atom is 0.321 e. The third kappa shape index (κ3) is 8.60. The second kappa shape index (κ2) is 14.9. The number of aliphatic hydroxyl groups is 1. The minimum atomic E-state index is -0.420. The highest BCUT2D eigenvalue weighted by Crippen LogP contribution is 2.29. The van der Waals surface area contributed by atoms with Crippen LogP contribution in [0.4, 0.5) is 16.2 Å². The second-order valence-electron chi connectivity index (χ2n) is 11.1. The summed E-state index contributed by atoms with van der Waals surface area (Å²) in [6.45, 7) is 6.95. The van der Waals surface area contributed by atoms with Gasteiger partial charge in [-0.3, -0.25) is 4.79 Å². The number of nitrogens with one attached hydrogen (secondary N) is 1. The number of carbonyl (C=O) groups is 2. The largest absolute Gasteiger partial charge is 0.490 e. The van der Waals surface area contributed by atoms with Crippen LogP contribution in [0.25, 0.3) is 0 Å². The lowest BCUT2D eigenvalue weighted by Gasteiger charge is -2.36. The molecule has 0 radical (unpaired) electrons. The van der Waals surface area contributed by atoms with Crippen LogP contribution in [0.1, 0.15) is 50.4 Å². The number of rotatable bonds is 6. The molecule has 40 heavy (non-hydrogen) atoms. The number of ether oxygens (including phenoxy) is 2. The van der Waals surface area contributed by atoms with Crippen molar-refractivity contribution in [3.8, 4) is 5.75 Å². The molecule has 0 saturated carbocycles. The Bertz CT molecular complexity index is 1100. The molecule has 9 heteroatoms. The maximum absolute atomic E-state index is 14.1. The van der Waals surface area contributed by atoms with Gasteiger partial charge in [-0.2, -0.15) is 0 Å². The van der Waals surface area contributed by atoms with E-state index in [2.05, 4.69) is 5.32 Å². The summed E-state index contributed by atoms with van der Waals surface area (Å²) in [7, 11) is 5.61. The Balaban J connectivity index is 1.88. The third-order valence-corrected chi connectivity index (χ3v) is 7.38. The summed E-state index contributed by atoms with van der Waals surface area (Å²) in [4.78, 5) is 32.3. The SMILES string of the molecule is C[C@H](CO)N1C[C@H](C)[C@H](CN(C)C(=O)Nc2ccccc2)OCCCC[C@H](C)Oc2ccc(N(C)C)cc2C1=O. The highest BCUT2D eigenvalue weighted by Gasteiger charge is 2.31. The number of nitrogens with zero attached hydrogens (tertiary/aromatic N) is 3. The van der Waals surface area contributed by atoms with Crippen LogP contribution in [0.15, 0.2) is 48.5 Å². The van der Waals surface area contributed by atoms with Gasteiger partial charge in [-0.1, -0.05) is 25.1 Å². The molecule has 0 saturated heterocycles. The number of urea groups is 1. The quantitative estimate of drug-likeness (QED) is 0.537. The molecule has 4 atom stereocenters. The average Bonchev–Trinajstić information content (AvgIpc) is 2.94. The van der Waals surface area contributed by atoms with Crippen LogP contribution in [0.2, 0.25) is 0 Å². The van der Waals surface area contributed by atoms with E-state index in [1.165, 1.54) is 0 Å². The lowest BCUT2D eigenvalue weighted by atomic mass is 10.0. The monoisotopic (exact) mass is 554 g/mol. The standard InChI is InChI=1S/C31H46N4O5/c1-22-19-35(23(2)21-36)30(37)27-18-26(33(4)5)15-16-28(27)40-24(3)12-10-11-17-39-29(22)20-34(6)31(38)32-25-13-8-7-9-14-25/h7-9,13-16,18,22-24,29,36H,10-12,17,19-21H2,1-6H3,(H,32,38)/t22-,23+,24-,29-/m0/s1. The molecular weight excluding hydrogens is 508 g/mol. The molecule has 0 unspecified atom stereocenters. The van der Waals surface area contributed by atoms with Gasteiger partial charge in [-0.05, 0) is 63.4 Å². The summed E-state index contributed by atoms with van der Waals surface area (Å²) < 4.78 is 12.6. The van der Waals surface area contributed by atoms with Gasteiger partial charge in [0.25, 0.3) is 5.91 Å². The van der Waals surface area contributed by atoms with Crippen molar-refractivity contribution in [2.45, 2.75) is 58.3 Å². The highest BCUT2D eigenvalue weighted by molar-refractivity contribution is 5.98. The molecule has 2 aromatic rings. The lowest BCUT2D eigenvalue weighted by Crippen LogP contribution is -2.48. The van der Waals surface area contributed by atoms with Crippen LogP contribution < -0.4 is 15.0 Å². The van der Waals surface area contributed by atoms with Crippen LogP contribution >= 0.6 is 0 Å². The predicted molar refractivity (Wildman–Crippen MR) is 159 cm³/mol. The molecule has 2 N–H and O–H groups in total. The highest BCUT2D eigenvalue weighted by atomic mass is 16.5. The number of amides is 3. The van der Waals surface area contributed by atoms with E-state index < -0.39 is 6.04 Å². The number of benzene rings is 2. The molecule has 0 bridgehead atoms. The molecule has 0 aromatic heterocycles. The second-order valence-corrected chi connectivity index (χ2v) is 11.1. The van der Waals surface area contributed by atoms with Gasteiger partial charge in [0.2, 0.25) is 0 Å². The fourth-order valence-electron chi connectivity index (χ4n) is 4.74. The average molecular weight is 555 g/mol. The van der Waals surface area contributed by atoms with Crippen molar-refractivity contribution in [1.29, 1.82) is 0 Å². The number of likely N-dealkylation sites (N-methyl/N-ethyl adjacent to an activating group) is 1. The number of anilines is 2. The summed E-state index contributed by atoms with van der Waals surface area (Å²) in [6, 6.07) is 14.4. The van der Waals surface area contributed by atoms with Gasteiger partial charge in [0.05, 0.1) is 30.4 Å². The first-order valence-corrected chi connectivity index (χ1v) is 14.2. The van der Waals surface area contributed by atoms with E-state index in [0.717, 1.165) is 30.6 Å². The van der Waals surface area contributed by atoms with E-state index >= 15 is 0 Å². The first-order valence-electron chi connectivity index (χ1n) is 14.2. The first kappa shape index (κ1) is 31.2. The van der Waals surface area contributed by atoms with Crippen molar-refractivity contribution in [2.75, 3.05) is 57.7 Å². The van der Waals surface area contributed by atoms with Crippen molar-refractivity contribution in [1.82, 2.24) is 9.80 Å². The third-order valence-electron chi connectivity index (χ3n) is 7.38. The number of fused-ring (bicyclic) bond motifs is 1.